The van der Waals surface area contributed by atoms with Crippen LogP contribution in [0, 0.1) is 5.92 Å². The van der Waals surface area contributed by atoms with Crippen molar-refractivity contribution in [2.45, 2.75) is 103 Å². The lowest BCUT2D eigenvalue weighted by molar-refractivity contribution is -0.142. The van der Waals surface area contributed by atoms with Gasteiger partial charge in [-0.25, -0.2) is 0 Å². The molecule has 1 fully saturated rings. The number of likely N-dealkylation sites (tertiary alicyclic amines) is 1. The van der Waals surface area contributed by atoms with Gasteiger partial charge in [0.1, 0.15) is 30.2 Å². The quantitative estimate of drug-likeness (QED) is 0.0432. The molecule has 0 aromatic carbocycles. The van der Waals surface area contributed by atoms with Crippen LogP contribution in [0.3, 0.4) is 0 Å². The van der Waals surface area contributed by atoms with Crippen molar-refractivity contribution in [2.75, 3.05) is 13.1 Å². The second-order valence-electron chi connectivity index (χ2n) is 11.0. The molecule has 0 unspecified atom stereocenters. The summed E-state index contributed by atoms with van der Waals surface area (Å²) in [6.07, 6.45) is 1.50. The Bertz CT molecular complexity index is 1090. The minimum atomic E-state index is -1.12. The van der Waals surface area contributed by atoms with Crippen LogP contribution in [-0.4, -0.2) is 95.5 Å². The van der Waals surface area contributed by atoms with Crippen LogP contribution >= 0.6 is 0 Å². The first-order chi connectivity index (χ1) is 20.6. The molecule has 0 bridgehead atoms. The van der Waals surface area contributed by atoms with Crippen molar-refractivity contribution in [3.05, 3.63) is 0 Å². The highest BCUT2D eigenvalue weighted by Gasteiger charge is 2.39. The Hall–Kier alpha value is -4.44. The van der Waals surface area contributed by atoms with Gasteiger partial charge in [0.2, 0.25) is 41.4 Å². The van der Waals surface area contributed by atoms with Gasteiger partial charge in [0.15, 0.2) is 5.96 Å². The molecule has 0 spiro atoms. The summed E-state index contributed by atoms with van der Waals surface area (Å²) in [7, 11) is 0. The summed E-state index contributed by atoms with van der Waals surface area (Å²) in [4.78, 5) is 93.2. The van der Waals surface area contributed by atoms with E-state index in [4.69, 9.17) is 22.9 Å². The molecule has 44 heavy (non-hydrogen) atoms. The van der Waals surface area contributed by atoms with Gasteiger partial charge in [0, 0.05) is 26.4 Å². The van der Waals surface area contributed by atoms with E-state index in [0.29, 0.717) is 25.7 Å². The zero-order chi connectivity index (χ0) is 33.6. The average Bonchev–Trinajstić information content (AvgIpc) is 3.44. The van der Waals surface area contributed by atoms with Gasteiger partial charge in [-0.05, 0) is 44.9 Å². The molecule has 0 aromatic rings. The SMILES string of the molecule is CC[C@H](C)[C@H](NC(=O)[C@H](CCC(N)=O)NC(C)=O)C(=O)N[C@@H](CCCN=C(N)N)C(=O)N1CCC[C@H]1C(=O)N[C@H](C)C(N)=O. The maximum atomic E-state index is 13.8. The number of carbonyl (C=O) groups excluding carboxylic acids is 7. The maximum Gasteiger partial charge on any atom is 0.245 e. The number of hydrogen-bond acceptors (Lipinski definition) is 8. The van der Waals surface area contributed by atoms with E-state index in [0.717, 1.165) is 0 Å². The molecule has 248 valence electrons. The normalized spacial score (nSPS) is 17.6. The van der Waals surface area contributed by atoms with Crippen molar-refractivity contribution in [2.24, 2.45) is 33.8 Å². The molecule has 7 amide bonds. The van der Waals surface area contributed by atoms with Gasteiger partial charge in [-0.1, -0.05) is 20.3 Å². The average molecular weight is 625 g/mol. The zero-order valence-corrected chi connectivity index (χ0v) is 25.9. The van der Waals surface area contributed by atoms with Crippen LogP contribution in [-0.2, 0) is 33.6 Å². The first-order valence-electron chi connectivity index (χ1n) is 14.7. The molecule has 0 aliphatic carbocycles. The first-order valence-corrected chi connectivity index (χ1v) is 14.7. The Morgan fingerprint density at radius 3 is 2.09 bits per heavy atom. The molecular formula is C27H48N10O7. The lowest BCUT2D eigenvalue weighted by Gasteiger charge is -2.31. The minimum Gasteiger partial charge on any atom is -0.370 e. The number of nitrogens with two attached hydrogens (primary N) is 4. The predicted octanol–water partition coefficient (Wildman–Crippen LogP) is -3.19. The number of rotatable bonds is 18. The number of carbonyl (C=O) groups is 7. The Labute approximate surface area is 257 Å². The number of hydrogen-bond donors (Lipinski definition) is 8. The second-order valence-corrected chi connectivity index (χ2v) is 11.0. The molecule has 0 radical (unpaired) electrons. The standard InChI is InChI=1S/C27H48N10O7/c1-5-14(2)21(36-23(41)17(34-16(4)38)10-11-20(28)39)25(43)35-18(8-6-12-32-27(30)31)26(44)37-13-7-9-19(37)24(42)33-15(3)22(29)40/h14-15,17-19,21H,5-13H2,1-4H3,(H2,28,39)(H2,29,40)(H,33,42)(H,34,38)(H,35,43)(H,36,41)(H4,30,31,32)/t14-,15+,17-,18-,19-,21-/m0/s1. The van der Waals surface area contributed by atoms with Gasteiger partial charge in [-0.15, -0.1) is 0 Å². The topological polar surface area (TPSA) is 287 Å². The van der Waals surface area contributed by atoms with Gasteiger partial charge in [-0.3, -0.25) is 38.6 Å². The van der Waals surface area contributed by atoms with Crippen LogP contribution in [0.25, 0.3) is 0 Å². The lowest BCUT2D eigenvalue weighted by Crippen LogP contribution is -2.60. The lowest BCUT2D eigenvalue weighted by atomic mass is 9.96. The van der Waals surface area contributed by atoms with Crippen LogP contribution in [0.5, 0.6) is 0 Å². The van der Waals surface area contributed by atoms with Crippen molar-refractivity contribution >= 4 is 47.3 Å². The van der Waals surface area contributed by atoms with Crippen LogP contribution in [0.1, 0.15) is 72.6 Å². The molecule has 1 rings (SSSR count). The summed E-state index contributed by atoms with van der Waals surface area (Å²) >= 11 is 0. The van der Waals surface area contributed by atoms with Crippen LogP contribution in [0.15, 0.2) is 4.99 Å². The van der Waals surface area contributed by atoms with Crippen molar-refractivity contribution in [1.29, 1.82) is 0 Å². The summed E-state index contributed by atoms with van der Waals surface area (Å²) in [6.45, 7) is 6.60. The molecular weight excluding hydrogens is 576 g/mol. The van der Waals surface area contributed by atoms with Crippen LogP contribution in [0.4, 0.5) is 0 Å². The molecule has 17 nitrogen and oxygen atoms in total. The zero-order valence-electron chi connectivity index (χ0n) is 25.9. The Morgan fingerprint density at radius 2 is 1.55 bits per heavy atom. The molecule has 6 atom stereocenters. The fourth-order valence-corrected chi connectivity index (χ4v) is 4.66. The van der Waals surface area contributed by atoms with E-state index in [2.05, 4.69) is 26.3 Å². The van der Waals surface area contributed by atoms with Gasteiger partial charge >= 0.3 is 0 Å². The van der Waals surface area contributed by atoms with E-state index in [9.17, 15) is 33.6 Å². The summed E-state index contributed by atoms with van der Waals surface area (Å²) in [5, 5.41) is 10.3. The monoisotopic (exact) mass is 624 g/mol. The van der Waals surface area contributed by atoms with Crippen molar-refractivity contribution in [3.63, 3.8) is 0 Å². The molecule has 0 aromatic heterocycles. The van der Waals surface area contributed by atoms with Crippen LogP contribution < -0.4 is 44.2 Å². The highest BCUT2D eigenvalue weighted by atomic mass is 16.2. The molecule has 1 heterocycles. The number of guanidine groups is 1. The van der Waals surface area contributed by atoms with Crippen molar-refractivity contribution in [3.8, 4) is 0 Å². The summed E-state index contributed by atoms with van der Waals surface area (Å²) in [5.74, 6) is -4.87. The van der Waals surface area contributed by atoms with Gasteiger partial charge in [0.25, 0.3) is 0 Å². The fraction of sp³-hybridized carbons (Fsp3) is 0.704. The highest BCUT2D eigenvalue weighted by Crippen LogP contribution is 2.20. The Morgan fingerprint density at radius 1 is 0.886 bits per heavy atom. The first kappa shape index (κ1) is 37.6. The van der Waals surface area contributed by atoms with Crippen LogP contribution in [0.2, 0.25) is 0 Å². The summed E-state index contributed by atoms with van der Waals surface area (Å²) < 4.78 is 0. The molecule has 1 aliphatic heterocycles. The maximum absolute atomic E-state index is 13.8. The van der Waals surface area contributed by atoms with Gasteiger partial charge in [0.05, 0.1) is 0 Å². The Balaban J connectivity index is 3.23. The van der Waals surface area contributed by atoms with Crippen molar-refractivity contribution in [1.82, 2.24) is 26.2 Å². The van der Waals surface area contributed by atoms with Gasteiger partial charge < -0.3 is 49.1 Å². The molecule has 1 aliphatic rings. The van der Waals surface area contributed by atoms with E-state index >= 15 is 0 Å². The van der Waals surface area contributed by atoms with E-state index in [1.165, 1.54) is 18.7 Å². The number of nitrogens with one attached hydrogen (secondary N) is 4. The fourth-order valence-electron chi connectivity index (χ4n) is 4.66. The van der Waals surface area contributed by atoms with E-state index < -0.39 is 77.5 Å². The number of amides is 7. The summed E-state index contributed by atoms with van der Waals surface area (Å²) in [6, 6.07) is -5.17. The summed E-state index contributed by atoms with van der Waals surface area (Å²) in [5.41, 5.74) is 21.3. The smallest absolute Gasteiger partial charge is 0.245 e. The van der Waals surface area contributed by atoms with E-state index in [-0.39, 0.29) is 38.3 Å². The Kier molecular flexibility index (Phi) is 15.6. The molecule has 1 saturated heterocycles. The minimum absolute atomic E-state index is 0.0751. The molecule has 17 heteroatoms. The second kappa shape index (κ2) is 18.3. The molecule has 12 N–H and O–H groups in total. The predicted molar refractivity (Wildman–Crippen MR) is 161 cm³/mol. The van der Waals surface area contributed by atoms with E-state index in [1.807, 2.05) is 6.92 Å². The number of aliphatic imine (C=N–C) groups is 1. The van der Waals surface area contributed by atoms with Gasteiger partial charge in [-0.2, -0.15) is 0 Å². The largest absolute Gasteiger partial charge is 0.370 e. The highest BCUT2D eigenvalue weighted by molar-refractivity contribution is 5.96. The molecule has 0 saturated carbocycles. The van der Waals surface area contributed by atoms with Crippen molar-refractivity contribution < 1.29 is 33.6 Å². The third kappa shape index (κ3) is 12.4. The number of primary amides is 2. The third-order valence-electron chi connectivity index (χ3n) is 7.35. The third-order valence-corrected chi connectivity index (χ3v) is 7.35. The van der Waals surface area contributed by atoms with E-state index in [1.54, 1.807) is 6.92 Å². The number of nitrogens with zero attached hydrogens (tertiary/aromatic N) is 2.